The van der Waals surface area contributed by atoms with Crippen molar-refractivity contribution >= 4 is 43.6 Å². The lowest BCUT2D eigenvalue weighted by atomic mass is 9.72. The molecule has 3 aromatic carbocycles. The number of benzene rings is 3. The van der Waals surface area contributed by atoms with Gasteiger partial charge in [-0.15, -0.1) is 0 Å². The Morgan fingerprint density at radius 2 is 1.07 bits per heavy atom. The third-order valence-corrected chi connectivity index (χ3v) is 35.4. The van der Waals surface area contributed by atoms with Crippen LogP contribution in [0.3, 0.4) is 0 Å². The predicted octanol–water partition coefficient (Wildman–Crippen LogP) is 12.5. The van der Waals surface area contributed by atoms with Crippen LogP contribution in [0.2, 0.25) is 57.9 Å². The first-order valence-electron chi connectivity index (χ1n) is 22.8. The molecule has 11 heteroatoms. The molecular weight excluding hydrogens is 825 g/mol. The number of fused-ring (bicyclic) bond motifs is 2. The summed E-state index contributed by atoms with van der Waals surface area (Å²) in [4.78, 5) is 0. The molecule has 1 heterocycles. The first kappa shape index (κ1) is 49.9. The van der Waals surface area contributed by atoms with E-state index < -0.39 is 56.7 Å². The molecule has 0 spiro atoms. The highest BCUT2D eigenvalue weighted by molar-refractivity contribution is 6.99. The van der Waals surface area contributed by atoms with Crippen LogP contribution in [0.15, 0.2) is 72.8 Å². The SMILES string of the molecule is COc1cc(O[Si](C(C)C)(C(C)C)C(C)C)c2c(c1)[C@@H](O[Si](c1ccccc1)(c1ccccc1)C(C)(C)C)[C@]1(CO[Si](C)(C)C(C)(C)C)O[C@]1(CO[Si](C)(C)C(C)(C)C)[C@@H]2O. The Labute approximate surface area is 375 Å². The maximum Gasteiger partial charge on any atom is 0.262 e. The zero-order chi connectivity index (χ0) is 46.0. The molecule has 0 bridgehead atoms. The lowest BCUT2D eigenvalue weighted by molar-refractivity contribution is 0.0179. The Hall–Kier alpha value is -2.07. The van der Waals surface area contributed by atoms with Gasteiger partial charge in [0.15, 0.2) is 27.8 Å². The zero-order valence-corrected chi connectivity index (χ0v) is 45.6. The van der Waals surface area contributed by atoms with Gasteiger partial charge in [0, 0.05) is 11.6 Å². The zero-order valence-electron chi connectivity index (χ0n) is 41.6. The summed E-state index contributed by atoms with van der Waals surface area (Å²) < 4.78 is 44.2. The van der Waals surface area contributed by atoms with Crippen molar-refractivity contribution in [1.29, 1.82) is 0 Å². The van der Waals surface area contributed by atoms with Crippen LogP contribution < -0.4 is 19.5 Å². The highest BCUT2D eigenvalue weighted by Gasteiger charge is 2.82. The number of aliphatic hydroxyl groups is 1. The molecule has 340 valence electrons. The average molecular weight is 908 g/mol. The molecular formula is C50H82O7Si4. The first-order valence-corrected chi connectivity index (χ1v) is 32.6. The number of rotatable bonds is 16. The van der Waals surface area contributed by atoms with Crippen LogP contribution in [0.25, 0.3) is 0 Å². The average Bonchev–Trinajstić information content (AvgIpc) is 3.84. The molecule has 1 fully saturated rings. The molecule has 5 rings (SSSR count). The van der Waals surface area contributed by atoms with Gasteiger partial charge in [-0.2, -0.15) is 0 Å². The van der Waals surface area contributed by atoms with Crippen molar-refractivity contribution in [1.82, 2.24) is 0 Å². The van der Waals surface area contributed by atoms with Crippen molar-refractivity contribution in [2.24, 2.45) is 0 Å². The monoisotopic (exact) mass is 907 g/mol. The summed E-state index contributed by atoms with van der Waals surface area (Å²) >= 11 is 0. The fourth-order valence-electron chi connectivity index (χ4n) is 9.72. The van der Waals surface area contributed by atoms with E-state index in [2.05, 4.69) is 197 Å². The van der Waals surface area contributed by atoms with E-state index >= 15 is 0 Å². The molecule has 4 atom stereocenters. The van der Waals surface area contributed by atoms with E-state index in [4.69, 9.17) is 27.2 Å². The maximum absolute atomic E-state index is 13.5. The molecule has 1 N–H and O–H groups in total. The highest BCUT2D eigenvalue weighted by Crippen LogP contribution is 2.70. The van der Waals surface area contributed by atoms with Gasteiger partial charge in [0.1, 0.15) is 23.7 Å². The Bertz CT molecular complexity index is 1900. The Kier molecular flexibility index (Phi) is 14.0. The fraction of sp³-hybridized carbons (Fsp3) is 0.640. The van der Waals surface area contributed by atoms with Gasteiger partial charge >= 0.3 is 0 Å². The summed E-state index contributed by atoms with van der Waals surface area (Å²) in [6.45, 7) is 43.8. The quantitative estimate of drug-likeness (QED) is 0.113. The molecule has 0 radical (unpaired) electrons. The second kappa shape index (κ2) is 17.1. The van der Waals surface area contributed by atoms with Gasteiger partial charge < -0.3 is 32.3 Å². The van der Waals surface area contributed by atoms with Gasteiger partial charge in [-0.05, 0) is 79.9 Å². The lowest BCUT2D eigenvalue weighted by Crippen LogP contribution is -2.68. The van der Waals surface area contributed by atoms with Gasteiger partial charge in [-0.1, -0.05) is 165 Å². The molecule has 2 aliphatic rings. The van der Waals surface area contributed by atoms with E-state index in [1.165, 1.54) is 0 Å². The van der Waals surface area contributed by atoms with Crippen LogP contribution in [0.5, 0.6) is 11.5 Å². The Morgan fingerprint density at radius 3 is 1.44 bits per heavy atom. The number of methoxy groups -OCH3 is 1. The second-order valence-electron chi connectivity index (χ2n) is 23.1. The van der Waals surface area contributed by atoms with Gasteiger partial charge in [0.05, 0.1) is 20.3 Å². The molecule has 7 nitrogen and oxygen atoms in total. The lowest BCUT2D eigenvalue weighted by Gasteiger charge is -2.49. The molecule has 61 heavy (non-hydrogen) atoms. The Balaban J connectivity index is 1.94. The van der Waals surface area contributed by atoms with Crippen molar-refractivity contribution in [2.75, 3.05) is 20.3 Å². The largest absolute Gasteiger partial charge is 0.542 e. The summed E-state index contributed by atoms with van der Waals surface area (Å²) in [6, 6.07) is 25.7. The normalized spacial score (nSPS) is 22.7. The fourth-order valence-corrected chi connectivity index (χ4v) is 21.7. The van der Waals surface area contributed by atoms with Crippen molar-refractivity contribution in [3.05, 3.63) is 83.9 Å². The Morgan fingerprint density at radius 1 is 0.639 bits per heavy atom. The van der Waals surface area contributed by atoms with Crippen molar-refractivity contribution in [3.63, 3.8) is 0 Å². The van der Waals surface area contributed by atoms with Crippen LogP contribution in [0.1, 0.15) is 127 Å². The molecule has 0 amide bonds. The second-order valence-corrected chi connectivity index (χ2v) is 42.3. The van der Waals surface area contributed by atoms with Crippen molar-refractivity contribution in [2.45, 2.75) is 185 Å². The minimum atomic E-state index is -3.28. The summed E-state index contributed by atoms with van der Waals surface area (Å²) in [5.74, 6) is 1.31. The third kappa shape index (κ3) is 8.51. The maximum atomic E-state index is 13.5. The van der Waals surface area contributed by atoms with Crippen molar-refractivity contribution < 1.29 is 32.3 Å². The standard InChI is InChI=1S/C50H82O7Si4/c1-35(2)60(36(3)4,37(5)6)55-42-32-38(52-16)31-41-43(42)44(51)49(33-53-58(17,18)46(7,8)9)50(57-49,34-54-59(19,20)47(10,11)12)45(41)56-61(48(13,14)15,39-27-23-21-24-28-39)40-29-25-22-26-30-40/h21-32,35-37,44-45,51H,33-34H2,1-20H3/t44-,45-,49-,50+/m1/s1. The minimum absolute atomic E-state index is 0.0684. The number of hydrogen-bond donors (Lipinski definition) is 1. The first-order chi connectivity index (χ1) is 27.9. The summed E-state index contributed by atoms with van der Waals surface area (Å²) in [7, 11) is -8.88. The molecule has 0 saturated carbocycles. The van der Waals surface area contributed by atoms with Crippen LogP contribution in [0.4, 0.5) is 0 Å². The van der Waals surface area contributed by atoms with E-state index in [9.17, 15) is 5.11 Å². The number of ether oxygens (including phenoxy) is 2. The topological polar surface area (TPSA) is 78.9 Å². The van der Waals surface area contributed by atoms with E-state index in [1.807, 2.05) is 6.07 Å². The minimum Gasteiger partial charge on any atom is -0.542 e. The van der Waals surface area contributed by atoms with Crippen molar-refractivity contribution in [3.8, 4) is 11.5 Å². The van der Waals surface area contributed by atoms with E-state index in [-0.39, 0.29) is 28.3 Å². The smallest absolute Gasteiger partial charge is 0.262 e. The molecule has 1 aliphatic heterocycles. The number of epoxide rings is 1. The summed E-state index contributed by atoms with van der Waals surface area (Å²) in [5.41, 5.74) is 0.114. The van der Waals surface area contributed by atoms with Crippen LogP contribution in [0, 0.1) is 0 Å². The molecule has 1 aliphatic carbocycles. The highest BCUT2D eigenvalue weighted by atomic mass is 28.4. The van der Waals surface area contributed by atoms with E-state index in [0.717, 1.165) is 15.9 Å². The third-order valence-electron chi connectivity index (χ3n) is 15.5. The predicted molar refractivity (Wildman–Crippen MR) is 264 cm³/mol. The van der Waals surface area contributed by atoms with Crippen LogP contribution in [-0.2, 0) is 18.0 Å². The number of hydrogen-bond acceptors (Lipinski definition) is 7. The van der Waals surface area contributed by atoms with Gasteiger partial charge in [0.2, 0.25) is 0 Å². The van der Waals surface area contributed by atoms with Gasteiger partial charge in [-0.25, -0.2) is 0 Å². The van der Waals surface area contributed by atoms with Gasteiger partial charge in [-0.3, -0.25) is 0 Å². The van der Waals surface area contributed by atoms with Crippen LogP contribution >= 0.6 is 0 Å². The van der Waals surface area contributed by atoms with Gasteiger partial charge in [0.25, 0.3) is 16.6 Å². The summed E-state index contributed by atoms with van der Waals surface area (Å²) in [6.07, 6.45) is -1.80. The molecule has 0 unspecified atom stereocenters. The molecule has 1 saturated heterocycles. The molecule has 3 aromatic rings. The summed E-state index contributed by atoms with van der Waals surface area (Å²) in [5, 5.41) is 15.3. The van der Waals surface area contributed by atoms with Crippen LogP contribution in [-0.4, -0.2) is 69.9 Å². The number of aliphatic hydroxyl groups excluding tert-OH is 1. The van der Waals surface area contributed by atoms with E-state index in [1.54, 1.807) is 7.11 Å². The van der Waals surface area contributed by atoms with E-state index in [0.29, 0.717) is 33.7 Å². The molecule has 0 aromatic heterocycles.